The van der Waals surface area contributed by atoms with E-state index in [2.05, 4.69) is 15.9 Å². The Labute approximate surface area is 110 Å². The van der Waals surface area contributed by atoms with E-state index < -0.39 is 0 Å². The van der Waals surface area contributed by atoms with Gasteiger partial charge in [0.2, 0.25) is 0 Å². The van der Waals surface area contributed by atoms with Gasteiger partial charge in [0.1, 0.15) is 0 Å². The maximum atomic E-state index is 12.1. The van der Waals surface area contributed by atoms with E-state index in [9.17, 15) is 4.79 Å². The van der Waals surface area contributed by atoms with Crippen molar-refractivity contribution >= 4 is 33.4 Å². The lowest BCUT2D eigenvalue weighted by Gasteiger charge is -2.17. The Kier molecular flexibility index (Phi) is 5.29. The molecule has 0 unspecified atom stereocenters. The lowest BCUT2D eigenvalue weighted by atomic mass is 10.1. The minimum absolute atomic E-state index is 0.0287. The third-order valence-electron chi connectivity index (χ3n) is 2.40. The molecule has 1 aromatic carbocycles. The Balaban J connectivity index is 2.83. The molecule has 0 saturated carbocycles. The highest BCUT2D eigenvalue weighted by Gasteiger charge is 2.13. The summed E-state index contributed by atoms with van der Waals surface area (Å²) in [6.45, 7) is 2.66. The second kappa shape index (κ2) is 6.26. The summed E-state index contributed by atoms with van der Waals surface area (Å²) in [4.78, 5) is 13.8. The van der Waals surface area contributed by atoms with E-state index in [0.717, 1.165) is 23.9 Å². The number of amides is 1. The van der Waals surface area contributed by atoms with E-state index in [4.69, 9.17) is 11.6 Å². The molecule has 0 atom stereocenters. The number of carbonyl (C=O) groups excluding carboxylic acids is 1. The van der Waals surface area contributed by atoms with Crippen LogP contribution in [0.15, 0.2) is 18.2 Å². The molecule has 2 nitrogen and oxygen atoms in total. The van der Waals surface area contributed by atoms with E-state index in [1.165, 1.54) is 0 Å². The monoisotopic (exact) mass is 303 g/mol. The number of hydrogen-bond acceptors (Lipinski definition) is 1. The summed E-state index contributed by atoms with van der Waals surface area (Å²) < 4.78 is 0. The molecule has 0 saturated heterocycles. The zero-order valence-electron chi connectivity index (χ0n) is 9.46. The summed E-state index contributed by atoms with van der Waals surface area (Å²) in [5.41, 5.74) is 1.64. The summed E-state index contributed by atoms with van der Waals surface area (Å²) in [6.07, 6.45) is 0.946. The third kappa shape index (κ3) is 3.49. The zero-order chi connectivity index (χ0) is 12.1. The van der Waals surface area contributed by atoms with Gasteiger partial charge >= 0.3 is 0 Å². The van der Waals surface area contributed by atoms with Crippen LogP contribution in [0.3, 0.4) is 0 Å². The number of hydrogen-bond donors (Lipinski definition) is 0. The fourth-order valence-electron chi connectivity index (χ4n) is 1.43. The van der Waals surface area contributed by atoms with Crippen molar-refractivity contribution in [1.29, 1.82) is 0 Å². The van der Waals surface area contributed by atoms with Crippen molar-refractivity contribution in [2.75, 3.05) is 18.9 Å². The number of nitrogens with zero attached hydrogens (tertiary/aromatic N) is 1. The molecular weight excluding hydrogens is 289 g/mol. The van der Waals surface area contributed by atoms with Crippen LogP contribution in [0.5, 0.6) is 0 Å². The lowest BCUT2D eigenvalue weighted by Crippen LogP contribution is -2.28. The predicted molar refractivity (Wildman–Crippen MR) is 71.6 cm³/mol. The normalized spacial score (nSPS) is 10.2. The molecule has 1 rings (SSSR count). The van der Waals surface area contributed by atoms with Gasteiger partial charge in [-0.2, -0.15) is 0 Å². The minimum atomic E-state index is 0.0287. The maximum absolute atomic E-state index is 12.1. The summed E-state index contributed by atoms with van der Waals surface area (Å²) in [5, 5.41) is 1.50. The van der Waals surface area contributed by atoms with Gasteiger partial charge in [0.25, 0.3) is 5.91 Å². The molecule has 0 radical (unpaired) electrons. The second-order valence-electron chi connectivity index (χ2n) is 3.73. The van der Waals surface area contributed by atoms with E-state index in [-0.39, 0.29) is 5.91 Å². The van der Waals surface area contributed by atoms with Crippen LogP contribution in [0.1, 0.15) is 22.3 Å². The van der Waals surface area contributed by atoms with Crippen LogP contribution >= 0.6 is 27.5 Å². The molecule has 0 bridgehead atoms. The lowest BCUT2D eigenvalue weighted by molar-refractivity contribution is 0.0795. The van der Waals surface area contributed by atoms with Crippen molar-refractivity contribution in [3.05, 3.63) is 34.3 Å². The Morgan fingerprint density at radius 2 is 2.19 bits per heavy atom. The third-order valence-corrected chi connectivity index (χ3v) is 3.20. The van der Waals surface area contributed by atoms with Crippen molar-refractivity contribution in [2.24, 2.45) is 0 Å². The maximum Gasteiger partial charge on any atom is 0.253 e. The van der Waals surface area contributed by atoms with Crippen LogP contribution < -0.4 is 0 Å². The summed E-state index contributed by atoms with van der Waals surface area (Å²) >= 11 is 9.24. The van der Waals surface area contributed by atoms with Crippen LogP contribution in [0.25, 0.3) is 0 Å². The van der Waals surface area contributed by atoms with Crippen molar-refractivity contribution in [2.45, 2.75) is 13.3 Å². The van der Waals surface area contributed by atoms with Crippen molar-refractivity contribution in [3.8, 4) is 0 Å². The Morgan fingerprint density at radius 1 is 1.50 bits per heavy atom. The topological polar surface area (TPSA) is 20.3 Å². The zero-order valence-corrected chi connectivity index (χ0v) is 11.8. The van der Waals surface area contributed by atoms with E-state index >= 15 is 0 Å². The fourth-order valence-corrected chi connectivity index (χ4v) is 1.85. The summed E-state index contributed by atoms with van der Waals surface area (Å²) in [7, 11) is 1.81. The number of rotatable bonds is 4. The first-order valence-electron chi connectivity index (χ1n) is 5.14. The van der Waals surface area contributed by atoms with Gasteiger partial charge in [-0.15, -0.1) is 0 Å². The van der Waals surface area contributed by atoms with Crippen LogP contribution in [-0.4, -0.2) is 29.7 Å². The molecule has 0 aromatic heterocycles. The van der Waals surface area contributed by atoms with Gasteiger partial charge in [-0.25, -0.2) is 0 Å². The molecule has 0 aliphatic carbocycles. The number of carbonyl (C=O) groups is 1. The number of alkyl halides is 1. The van der Waals surface area contributed by atoms with Gasteiger partial charge < -0.3 is 4.90 Å². The molecule has 0 heterocycles. The fraction of sp³-hybridized carbons (Fsp3) is 0.417. The molecule has 16 heavy (non-hydrogen) atoms. The van der Waals surface area contributed by atoms with Crippen LogP contribution in [0, 0.1) is 6.92 Å². The van der Waals surface area contributed by atoms with E-state index in [1.54, 1.807) is 17.0 Å². The first-order chi connectivity index (χ1) is 7.56. The molecular formula is C12H15BrClNO. The Hall–Kier alpha value is -0.540. The molecule has 0 aliphatic heterocycles. The van der Waals surface area contributed by atoms with Crippen molar-refractivity contribution in [1.82, 2.24) is 4.90 Å². The van der Waals surface area contributed by atoms with Gasteiger partial charge in [0, 0.05) is 29.5 Å². The molecule has 0 aliphatic rings. The number of benzene rings is 1. The molecule has 1 amide bonds. The Bertz CT molecular complexity index is 381. The SMILES string of the molecule is Cc1ccc(Cl)cc1C(=O)N(C)CCCBr. The van der Waals surface area contributed by atoms with Gasteiger partial charge in [-0.3, -0.25) is 4.79 Å². The average molecular weight is 305 g/mol. The largest absolute Gasteiger partial charge is 0.342 e. The van der Waals surface area contributed by atoms with Crippen molar-refractivity contribution in [3.63, 3.8) is 0 Å². The predicted octanol–water partition coefficient (Wildman–Crippen LogP) is 3.51. The number of aryl methyl sites for hydroxylation is 1. The molecule has 0 N–H and O–H groups in total. The molecule has 0 spiro atoms. The van der Waals surface area contributed by atoms with Crippen LogP contribution in [-0.2, 0) is 0 Å². The highest BCUT2D eigenvalue weighted by atomic mass is 79.9. The van der Waals surface area contributed by atoms with Crippen LogP contribution in [0.2, 0.25) is 5.02 Å². The average Bonchev–Trinajstić information content (AvgIpc) is 2.28. The van der Waals surface area contributed by atoms with E-state index in [1.807, 2.05) is 20.0 Å². The van der Waals surface area contributed by atoms with Gasteiger partial charge in [0.15, 0.2) is 0 Å². The molecule has 4 heteroatoms. The van der Waals surface area contributed by atoms with Crippen molar-refractivity contribution < 1.29 is 4.79 Å². The number of halogens is 2. The second-order valence-corrected chi connectivity index (χ2v) is 4.96. The molecule has 0 fully saturated rings. The minimum Gasteiger partial charge on any atom is -0.342 e. The quantitative estimate of drug-likeness (QED) is 0.780. The van der Waals surface area contributed by atoms with Gasteiger partial charge in [0.05, 0.1) is 0 Å². The van der Waals surface area contributed by atoms with E-state index in [0.29, 0.717) is 10.6 Å². The first-order valence-corrected chi connectivity index (χ1v) is 6.63. The smallest absolute Gasteiger partial charge is 0.253 e. The standard InChI is InChI=1S/C12H15BrClNO/c1-9-4-5-10(14)8-11(9)12(16)15(2)7-3-6-13/h4-5,8H,3,6-7H2,1-2H3. The van der Waals surface area contributed by atoms with Gasteiger partial charge in [-0.1, -0.05) is 33.6 Å². The van der Waals surface area contributed by atoms with Gasteiger partial charge in [-0.05, 0) is 31.0 Å². The summed E-state index contributed by atoms with van der Waals surface area (Å²) in [6, 6.07) is 5.39. The molecule has 88 valence electrons. The summed E-state index contributed by atoms with van der Waals surface area (Å²) in [5.74, 6) is 0.0287. The Morgan fingerprint density at radius 3 is 2.81 bits per heavy atom. The highest BCUT2D eigenvalue weighted by Crippen LogP contribution is 2.17. The van der Waals surface area contributed by atoms with Crippen LogP contribution in [0.4, 0.5) is 0 Å². The highest BCUT2D eigenvalue weighted by molar-refractivity contribution is 9.09. The first kappa shape index (κ1) is 13.5. The molecule has 1 aromatic rings.